The molecule has 34 heavy (non-hydrogen) atoms. The third-order valence-electron chi connectivity index (χ3n) is 5.35. The number of nitrogens with zero attached hydrogens (tertiary/aromatic N) is 2. The third kappa shape index (κ3) is 5.74. The normalized spacial score (nSPS) is 14.4. The number of ether oxygens (including phenoxy) is 2. The molecule has 3 aromatic rings. The second-order valence-electron chi connectivity index (χ2n) is 7.83. The topological polar surface area (TPSA) is 88.2 Å². The van der Waals surface area contributed by atoms with Gasteiger partial charge in [-0.05, 0) is 42.5 Å². The molecule has 0 radical (unpaired) electrons. The van der Waals surface area contributed by atoms with E-state index in [2.05, 4.69) is 5.32 Å². The van der Waals surface area contributed by atoms with Gasteiger partial charge in [0.25, 0.3) is 0 Å². The number of hydrogen-bond donors (Lipinski definition) is 1. The van der Waals surface area contributed by atoms with Crippen LogP contribution in [0.2, 0.25) is 0 Å². The highest BCUT2D eigenvalue weighted by Gasteiger charge is 2.26. The van der Waals surface area contributed by atoms with Crippen LogP contribution in [0.15, 0.2) is 83.8 Å². The van der Waals surface area contributed by atoms with Gasteiger partial charge in [0.15, 0.2) is 5.75 Å². The minimum atomic E-state index is -3.65. The lowest BCUT2D eigenvalue weighted by atomic mass is 10.2. The molecule has 178 valence electrons. The largest absolute Gasteiger partial charge is 0.455 e. The molecule has 1 amide bonds. The van der Waals surface area contributed by atoms with Gasteiger partial charge in [-0.15, -0.1) is 0 Å². The summed E-state index contributed by atoms with van der Waals surface area (Å²) < 4.78 is 38.5. The Hall–Kier alpha value is -3.40. The van der Waals surface area contributed by atoms with Gasteiger partial charge in [0, 0.05) is 25.8 Å². The number of anilines is 2. The van der Waals surface area contributed by atoms with E-state index in [1.807, 2.05) is 54.6 Å². The maximum Gasteiger partial charge on any atom is 0.243 e. The highest BCUT2D eigenvalue weighted by molar-refractivity contribution is 7.89. The number of nitrogens with one attached hydrogen (secondary N) is 1. The molecule has 0 spiro atoms. The molecular formula is C25H27N3O5S. The maximum absolute atomic E-state index is 12.9. The molecular weight excluding hydrogens is 454 g/mol. The van der Waals surface area contributed by atoms with Gasteiger partial charge in [0.1, 0.15) is 5.75 Å². The Kier molecular flexibility index (Phi) is 7.46. The van der Waals surface area contributed by atoms with Crippen molar-refractivity contribution < 1.29 is 22.7 Å². The first-order valence-corrected chi connectivity index (χ1v) is 12.4. The minimum Gasteiger partial charge on any atom is -0.455 e. The summed E-state index contributed by atoms with van der Waals surface area (Å²) in [5.74, 6) is 1.05. The Bertz CT molecular complexity index is 1230. The number of rotatable bonds is 8. The van der Waals surface area contributed by atoms with Crippen LogP contribution in [-0.2, 0) is 19.6 Å². The van der Waals surface area contributed by atoms with Crippen LogP contribution in [0.25, 0.3) is 0 Å². The van der Waals surface area contributed by atoms with Gasteiger partial charge in [-0.2, -0.15) is 4.31 Å². The summed E-state index contributed by atoms with van der Waals surface area (Å²) >= 11 is 0. The monoisotopic (exact) mass is 481 g/mol. The van der Waals surface area contributed by atoms with Crippen LogP contribution in [0.3, 0.4) is 0 Å². The van der Waals surface area contributed by atoms with Crippen LogP contribution in [0, 0.1) is 0 Å². The molecule has 1 aliphatic rings. The Balaban J connectivity index is 1.43. The van der Waals surface area contributed by atoms with Gasteiger partial charge in [0.05, 0.1) is 30.3 Å². The number of morpholine rings is 1. The number of para-hydroxylation sites is 3. The predicted octanol–water partition coefficient (Wildman–Crippen LogP) is 3.57. The Morgan fingerprint density at radius 3 is 2.47 bits per heavy atom. The first-order valence-electron chi connectivity index (χ1n) is 10.9. The standard InChI is InChI=1S/C25H27N3O5S/c1-27(23-12-5-6-13-24(23)33-21-9-3-2-4-10-21)19-25(29)26-20-8-7-11-22(18-20)34(30,31)28-14-16-32-17-15-28/h2-13,18H,14-17,19H2,1H3,(H,26,29). The second-order valence-corrected chi connectivity index (χ2v) is 9.77. The van der Waals surface area contributed by atoms with E-state index >= 15 is 0 Å². The van der Waals surface area contributed by atoms with Crippen LogP contribution < -0.4 is 15.0 Å². The van der Waals surface area contributed by atoms with Crippen LogP contribution >= 0.6 is 0 Å². The van der Waals surface area contributed by atoms with Crippen LogP contribution in [0.5, 0.6) is 11.5 Å². The first kappa shape index (κ1) is 23.7. The zero-order valence-electron chi connectivity index (χ0n) is 18.9. The molecule has 0 bridgehead atoms. The zero-order chi connectivity index (χ0) is 24.0. The molecule has 0 saturated carbocycles. The lowest BCUT2D eigenvalue weighted by molar-refractivity contribution is -0.114. The van der Waals surface area contributed by atoms with E-state index in [9.17, 15) is 13.2 Å². The number of benzene rings is 3. The molecule has 3 aromatic carbocycles. The Morgan fingerprint density at radius 1 is 1.00 bits per heavy atom. The van der Waals surface area contributed by atoms with Crippen molar-refractivity contribution in [3.8, 4) is 11.5 Å². The summed E-state index contributed by atoms with van der Waals surface area (Å²) in [7, 11) is -1.85. The maximum atomic E-state index is 12.9. The molecule has 1 fully saturated rings. The third-order valence-corrected chi connectivity index (χ3v) is 7.25. The predicted molar refractivity (Wildman–Crippen MR) is 131 cm³/mol. The molecule has 0 unspecified atom stereocenters. The van der Waals surface area contributed by atoms with Crippen molar-refractivity contribution in [3.63, 3.8) is 0 Å². The van der Waals surface area contributed by atoms with Crippen molar-refractivity contribution in [3.05, 3.63) is 78.9 Å². The molecule has 1 N–H and O–H groups in total. The fraction of sp³-hybridized carbons (Fsp3) is 0.240. The number of carbonyl (C=O) groups excluding carboxylic acids is 1. The molecule has 0 atom stereocenters. The molecule has 1 saturated heterocycles. The minimum absolute atomic E-state index is 0.0512. The van der Waals surface area contributed by atoms with Crippen molar-refractivity contribution in [1.29, 1.82) is 0 Å². The Labute approximate surface area is 199 Å². The van der Waals surface area contributed by atoms with Gasteiger partial charge in [-0.25, -0.2) is 8.42 Å². The SMILES string of the molecule is CN(CC(=O)Nc1cccc(S(=O)(=O)N2CCOCC2)c1)c1ccccc1Oc1ccccc1. The number of hydrogen-bond acceptors (Lipinski definition) is 6. The highest BCUT2D eigenvalue weighted by atomic mass is 32.2. The van der Waals surface area contributed by atoms with Crippen LogP contribution in [0.4, 0.5) is 11.4 Å². The van der Waals surface area contributed by atoms with Crippen molar-refractivity contribution in [2.75, 3.05) is 50.1 Å². The van der Waals surface area contributed by atoms with E-state index in [0.717, 1.165) is 5.69 Å². The average molecular weight is 482 g/mol. The first-order chi connectivity index (χ1) is 16.4. The summed E-state index contributed by atoms with van der Waals surface area (Å²) in [4.78, 5) is 14.7. The average Bonchev–Trinajstić information content (AvgIpc) is 2.85. The second kappa shape index (κ2) is 10.7. The van der Waals surface area contributed by atoms with Crippen molar-refractivity contribution in [2.45, 2.75) is 4.90 Å². The summed E-state index contributed by atoms with van der Waals surface area (Å²) in [6.07, 6.45) is 0. The van der Waals surface area contributed by atoms with Gasteiger partial charge >= 0.3 is 0 Å². The van der Waals surface area contributed by atoms with Gasteiger partial charge in [-0.1, -0.05) is 36.4 Å². The molecule has 1 heterocycles. The zero-order valence-corrected chi connectivity index (χ0v) is 19.7. The number of likely N-dealkylation sites (N-methyl/N-ethyl adjacent to an activating group) is 1. The van der Waals surface area contributed by atoms with Crippen molar-refractivity contribution in [1.82, 2.24) is 4.31 Å². The Morgan fingerprint density at radius 2 is 1.71 bits per heavy atom. The molecule has 4 rings (SSSR count). The highest BCUT2D eigenvalue weighted by Crippen LogP contribution is 2.31. The molecule has 9 heteroatoms. The summed E-state index contributed by atoms with van der Waals surface area (Å²) in [5.41, 5.74) is 1.17. The van der Waals surface area contributed by atoms with E-state index in [4.69, 9.17) is 9.47 Å². The van der Waals surface area contributed by atoms with Gasteiger partial charge in [0.2, 0.25) is 15.9 Å². The fourth-order valence-corrected chi connectivity index (χ4v) is 5.10. The summed E-state index contributed by atoms with van der Waals surface area (Å²) in [6.45, 7) is 1.42. The van der Waals surface area contributed by atoms with E-state index < -0.39 is 10.0 Å². The van der Waals surface area contributed by atoms with E-state index in [1.165, 1.54) is 16.4 Å². The van der Waals surface area contributed by atoms with Crippen LogP contribution in [-0.4, -0.2) is 58.5 Å². The van der Waals surface area contributed by atoms with E-state index in [0.29, 0.717) is 43.5 Å². The summed E-state index contributed by atoms with van der Waals surface area (Å²) in [6, 6.07) is 23.2. The fourth-order valence-electron chi connectivity index (χ4n) is 3.65. The lowest BCUT2D eigenvalue weighted by Gasteiger charge is -2.26. The number of sulfonamides is 1. The lowest BCUT2D eigenvalue weighted by Crippen LogP contribution is -2.40. The van der Waals surface area contributed by atoms with E-state index in [1.54, 1.807) is 24.1 Å². The number of amides is 1. The smallest absolute Gasteiger partial charge is 0.243 e. The molecule has 8 nitrogen and oxygen atoms in total. The molecule has 0 aliphatic carbocycles. The van der Waals surface area contributed by atoms with Gasteiger partial charge < -0.3 is 19.7 Å². The molecule has 1 aliphatic heterocycles. The quantitative estimate of drug-likeness (QED) is 0.529. The molecule has 0 aromatic heterocycles. The van der Waals surface area contributed by atoms with Gasteiger partial charge in [-0.3, -0.25) is 4.79 Å². The van der Waals surface area contributed by atoms with Crippen molar-refractivity contribution >= 4 is 27.3 Å². The van der Waals surface area contributed by atoms with Crippen LogP contribution in [0.1, 0.15) is 0 Å². The number of carbonyl (C=O) groups is 1. The van der Waals surface area contributed by atoms with E-state index in [-0.39, 0.29) is 17.3 Å². The summed E-state index contributed by atoms with van der Waals surface area (Å²) in [5, 5.41) is 2.80. The van der Waals surface area contributed by atoms with Crippen molar-refractivity contribution in [2.24, 2.45) is 0 Å².